The molecule has 1 aromatic heterocycles. The minimum absolute atomic E-state index is 0.0968. The van der Waals surface area contributed by atoms with Gasteiger partial charge in [0, 0.05) is 18.7 Å². The molecule has 0 aliphatic carbocycles. The van der Waals surface area contributed by atoms with E-state index in [-0.39, 0.29) is 17.6 Å². The topological polar surface area (TPSA) is 120 Å². The number of tetrazole rings is 1. The second-order valence-electron chi connectivity index (χ2n) is 6.00. The van der Waals surface area contributed by atoms with Crippen molar-refractivity contribution in [2.24, 2.45) is 0 Å². The molecular formula is C19H20N6O4S. The van der Waals surface area contributed by atoms with Gasteiger partial charge in [-0.2, -0.15) is 4.68 Å². The van der Waals surface area contributed by atoms with Crippen LogP contribution in [0.15, 0.2) is 47.6 Å². The number of hydrogen-bond acceptors (Lipinski definition) is 8. The number of aromatic nitrogens is 4. The summed E-state index contributed by atoms with van der Waals surface area (Å²) in [7, 11) is 3.08. The number of ether oxygens (including phenoxy) is 2. The van der Waals surface area contributed by atoms with Crippen LogP contribution in [-0.4, -0.2) is 52.0 Å². The van der Waals surface area contributed by atoms with Gasteiger partial charge in [-0.25, -0.2) is 0 Å². The number of thioether (sulfide) groups is 1. The van der Waals surface area contributed by atoms with Crippen LogP contribution in [0.2, 0.25) is 0 Å². The van der Waals surface area contributed by atoms with E-state index in [4.69, 9.17) is 9.47 Å². The van der Waals surface area contributed by atoms with E-state index in [0.717, 1.165) is 0 Å². The van der Waals surface area contributed by atoms with Gasteiger partial charge in [-0.15, -0.1) is 5.10 Å². The zero-order valence-corrected chi connectivity index (χ0v) is 17.4. The predicted molar refractivity (Wildman–Crippen MR) is 112 cm³/mol. The molecule has 0 aliphatic heterocycles. The highest BCUT2D eigenvalue weighted by Crippen LogP contribution is 2.29. The minimum Gasteiger partial charge on any atom is -0.497 e. The molecule has 0 unspecified atom stereocenters. The quantitative estimate of drug-likeness (QED) is 0.525. The number of nitrogens with one attached hydrogen (secondary N) is 2. The molecular weight excluding hydrogens is 408 g/mol. The van der Waals surface area contributed by atoms with Gasteiger partial charge in [0.05, 0.1) is 31.3 Å². The van der Waals surface area contributed by atoms with Gasteiger partial charge >= 0.3 is 0 Å². The second kappa shape index (κ2) is 9.74. The SMILES string of the molecule is COc1ccc(NC(=O)CSc2nnnn2-c2ccc(NC(C)=O)cc2)c(OC)c1. The summed E-state index contributed by atoms with van der Waals surface area (Å²) in [6.45, 7) is 1.44. The number of methoxy groups -OCH3 is 2. The van der Waals surface area contributed by atoms with E-state index in [2.05, 4.69) is 26.2 Å². The molecule has 11 heteroatoms. The van der Waals surface area contributed by atoms with Crippen LogP contribution in [0.5, 0.6) is 11.5 Å². The van der Waals surface area contributed by atoms with Crippen LogP contribution in [0, 0.1) is 0 Å². The first-order chi connectivity index (χ1) is 14.5. The maximum atomic E-state index is 12.4. The zero-order chi connectivity index (χ0) is 21.5. The van der Waals surface area contributed by atoms with Crippen LogP contribution in [0.3, 0.4) is 0 Å². The normalized spacial score (nSPS) is 10.4. The lowest BCUT2D eigenvalue weighted by molar-refractivity contribution is -0.114. The van der Waals surface area contributed by atoms with Crippen LogP contribution < -0.4 is 20.1 Å². The van der Waals surface area contributed by atoms with E-state index in [1.807, 2.05) is 0 Å². The van der Waals surface area contributed by atoms with Crippen molar-refractivity contribution in [1.29, 1.82) is 0 Å². The first-order valence-electron chi connectivity index (χ1n) is 8.81. The first kappa shape index (κ1) is 21.1. The number of amides is 2. The van der Waals surface area contributed by atoms with E-state index >= 15 is 0 Å². The molecule has 0 atom stereocenters. The van der Waals surface area contributed by atoms with Crippen molar-refractivity contribution in [3.05, 3.63) is 42.5 Å². The largest absolute Gasteiger partial charge is 0.497 e. The molecule has 156 valence electrons. The molecule has 0 saturated heterocycles. The molecule has 2 amide bonds. The zero-order valence-electron chi connectivity index (χ0n) is 16.6. The Bertz CT molecular complexity index is 1040. The fourth-order valence-corrected chi connectivity index (χ4v) is 3.23. The third-order valence-electron chi connectivity index (χ3n) is 3.89. The lowest BCUT2D eigenvalue weighted by atomic mass is 10.2. The maximum Gasteiger partial charge on any atom is 0.234 e. The summed E-state index contributed by atoms with van der Waals surface area (Å²) in [6, 6.07) is 12.2. The third-order valence-corrected chi connectivity index (χ3v) is 4.81. The number of carbonyl (C=O) groups is 2. The Labute approximate surface area is 176 Å². The van der Waals surface area contributed by atoms with Crippen molar-refractivity contribution < 1.29 is 19.1 Å². The predicted octanol–water partition coefficient (Wildman–Crippen LogP) is 2.37. The molecule has 1 heterocycles. The molecule has 0 bridgehead atoms. The molecule has 30 heavy (non-hydrogen) atoms. The van der Waals surface area contributed by atoms with Crippen LogP contribution >= 0.6 is 11.8 Å². The molecule has 0 fully saturated rings. The standard InChI is InChI=1S/C19H20N6O4S/c1-12(26)20-13-4-6-14(7-5-13)25-19(22-23-24-25)30-11-18(27)21-16-9-8-15(28-2)10-17(16)29-3/h4-10H,11H2,1-3H3,(H,20,26)(H,21,27). The molecule has 3 aromatic rings. The number of anilines is 2. The molecule has 2 N–H and O–H groups in total. The van der Waals surface area contributed by atoms with E-state index in [9.17, 15) is 9.59 Å². The highest BCUT2D eigenvalue weighted by Gasteiger charge is 2.14. The Morgan fingerprint density at radius 3 is 2.50 bits per heavy atom. The molecule has 0 saturated carbocycles. The van der Waals surface area contributed by atoms with Crippen molar-refractivity contribution in [2.75, 3.05) is 30.6 Å². The van der Waals surface area contributed by atoms with Crippen LogP contribution in [0.4, 0.5) is 11.4 Å². The Kier molecular flexibility index (Phi) is 6.86. The summed E-state index contributed by atoms with van der Waals surface area (Å²) in [5.41, 5.74) is 1.91. The molecule has 0 spiro atoms. The first-order valence-corrected chi connectivity index (χ1v) is 9.80. The van der Waals surface area contributed by atoms with Crippen LogP contribution in [0.1, 0.15) is 6.92 Å². The summed E-state index contributed by atoms with van der Waals surface area (Å²) >= 11 is 1.19. The Morgan fingerprint density at radius 2 is 1.83 bits per heavy atom. The summed E-state index contributed by atoms with van der Waals surface area (Å²) in [4.78, 5) is 23.5. The van der Waals surface area contributed by atoms with Crippen molar-refractivity contribution in [3.63, 3.8) is 0 Å². The van der Waals surface area contributed by atoms with E-state index in [1.165, 1.54) is 30.5 Å². The lowest BCUT2D eigenvalue weighted by Crippen LogP contribution is -2.15. The van der Waals surface area contributed by atoms with Crippen LogP contribution in [-0.2, 0) is 9.59 Å². The molecule has 0 radical (unpaired) electrons. The van der Waals surface area contributed by atoms with Gasteiger partial charge in [0.15, 0.2) is 0 Å². The van der Waals surface area contributed by atoms with Gasteiger partial charge in [0.1, 0.15) is 11.5 Å². The second-order valence-corrected chi connectivity index (χ2v) is 6.95. The average molecular weight is 428 g/mol. The van der Waals surface area contributed by atoms with Gasteiger partial charge in [0.2, 0.25) is 17.0 Å². The van der Waals surface area contributed by atoms with Gasteiger partial charge in [-0.1, -0.05) is 11.8 Å². The monoisotopic (exact) mass is 428 g/mol. The van der Waals surface area contributed by atoms with Gasteiger partial charge in [-0.05, 0) is 46.8 Å². The summed E-state index contributed by atoms with van der Waals surface area (Å²) in [5, 5.41) is 17.6. The van der Waals surface area contributed by atoms with Gasteiger partial charge in [-0.3, -0.25) is 9.59 Å². The summed E-state index contributed by atoms with van der Waals surface area (Å²) in [5.74, 6) is 0.833. The van der Waals surface area contributed by atoms with Gasteiger partial charge < -0.3 is 20.1 Å². The van der Waals surface area contributed by atoms with Crippen molar-refractivity contribution in [3.8, 4) is 17.2 Å². The Hall–Kier alpha value is -3.60. The average Bonchev–Trinajstić information content (AvgIpc) is 3.21. The molecule has 10 nitrogen and oxygen atoms in total. The van der Waals surface area contributed by atoms with Crippen molar-refractivity contribution in [1.82, 2.24) is 20.2 Å². The van der Waals surface area contributed by atoms with Crippen LogP contribution in [0.25, 0.3) is 5.69 Å². The van der Waals surface area contributed by atoms with Crippen molar-refractivity contribution in [2.45, 2.75) is 12.1 Å². The number of benzene rings is 2. The summed E-state index contributed by atoms with van der Waals surface area (Å²) in [6.07, 6.45) is 0. The Balaban J connectivity index is 1.64. The third kappa shape index (κ3) is 5.26. The van der Waals surface area contributed by atoms with Crippen molar-refractivity contribution >= 4 is 35.0 Å². The maximum absolute atomic E-state index is 12.4. The highest BCUT2D eigenvalue weighted by atomic mass is 32.2. The van der Waals surface area contributed by atoms with E-state index in [1.54, 1.807) is 49.6 Å². The van der Waals surface area contributed by atoms with E-state index < -0.39 is 0 Å². The summed E-state index contributed by atoms with van der Waals surface area (Å²) < 4.78 is 12.0. The van der Waals surface area contributed by atoms with E-state index in [0.29, 0.717) is 33.7 Å². The lowest BCUT2D eigenvalue weighted by Gasteiger charge is -2.11. The molecule has 2 aromatic carbocycles. The molecule has 0 aliphatic rings. The number of rotatable bonds is 8. The smallest absolute Gasteiger partial charge is 0.234 e. The van der Waals surface area contributed by atoms with Gasteiger partial charge in [0.25, 0.3) is 0 Å². The number of carbonyl (C=O) groups excluding carboxylic acids is 2. The fraction of sp³-hybridized carbons (Fsp3) is 0.211. The number of hydrogen-bond donors (Lipinski definition) is 2. The fourth-order valence-electron chi connectivity index (χ4n) is 2.54. The highest BCUT2D eigenvalue weighted by molar-refractivity contribution is 7.99. The molecule has 3 rings (SSSR count). The Morgan fingerprint density at radius 1 is 1.07 bits per heavy atom. The number of nitrogens with zero attached hydrogens (tertiary/aromatic N) is 4. The minimum atomic E-state index is -0.237.